The molecule has 0 unspecified atom stereocenters. The number of benzene rings is 2. The molecule has 0 aliphatic rings. The second-order valence-electron chi connectivity index (χ2n) is 6.69. The maximum atomic E-state index is 12.4. The normalized spacial score (nSPS) is 11.8. The van der Waals surface area contributed by atoms with Gasteiger partial charge >= 0.3 is 0 Å². The lowest BCUT2D eigenvalue weighted by Crippen LogP contribution is -2.42. The van der Waals surface area contributed by atoms with Crippen molar-refractivity contribution >= 4 is 21.6 Å². The van der Waals surface area contributed by atoms with Gasteiger partial charge in [-0.1, -0.05) is 24.6 Å². The Morgan fingerprint density at radius 3 is 2.08 bits per heavy atom. The number of carbonyl (C=O) groups is 1. The molecule has 0 radical (unpaired) electrons. The van der Waals surface area contributed by atoms with Crippen LogP contribution in [0.4, 0.5) is 5.69 Å². The zero-order chi connectivity index (χ0) is 18.7. The predicted molar refractivity (Wildman–Crippen MR) is 100 cm³/mol. The second-order valence-corrected chi connectivity index (χ2v) is 8.37. The molecule has 0 aromatic heterocycles. The monoisotopic (exact) mass is 360 g/mol. The lowest BCUT2D eigenvalue weighted by atomic mass is 10.0. The third kappa shape index (κ3) is 5.06. The molecule has 2 rings (SSSR count). The molecule has 0 spiro atoms. The minimum absolute atomic E-state index is 0.111. The molecule has 0 heterocycles. The van der Waals surface area contributed by atoms with Crippen molar-refractivity contribution in [2.75, 3.05) is 4.72 Å². The van der Waals surface area contributed by atoms with Crippen molar-refractivity contribution in [1.82, 2.24) is 5.32 Å². The van der Waals surface area contributed by atoms with Crippen LogP contribution in [0, 0.1) is 6.92 Å². The van der Waals surface area contributed by atoms with Crippen molar-refractivity contribution in [2.45, 2.75) is 44.6 Å². The van der Waals surface area contributed by atoms with Gasteiger partial charge in [-0.3, -0.25) is 9.52 Å². The van der Waals surface area contributed by atoms with Gasteiger partial charge in [0.25, 0.3) is 15.9 Å². The first-order valence-corrected chi connectivity index (χ1v) is 9.63. The second kappa shape index (κ2) is 7.27. The minimum atomic E-state index is -3.69. The fourth-order valence-electron chi connectivity index (χ4n) is 2.09. The smallest absolute Gasteiger partial charge is 0.261 e. The van der Waals surface area contributed by atoms with Gasteiger partial charge in [-0.25, -0.2) is 8.42 Å². The number of amides is 1. The Labute approximate surface area is 149 Å². The molecule has 1 amide bonds. The first-order valence-electron chi connectivity index (χ1n) is 8.15. The van der Waals surface area contributed by atoms with Gasteiger partial charge in [0.2, 0.25) is 0 Å². The summed E-state index contributed by atoms with van der Waals surface area (Å²) < 4.78 is 27.4. The topological polar surface area (TPSA) is 75.3 Å². The van der Waals surface area contributed by atoms with Crippen molar-refractivity contribution in [1.29, 1.82) is 0 Å². The Morgan fingerprint density at radius 1 is 1.00 bits per heavy atom. The van der Waals surface area contributed by atoms with Crippen LogP contribution in [0.3, 0.4) is 0 Å². The fourth-order valence-corrected chi connectivity index (χ4v) is 3.15. The number of hydrogen-bond donors (Lipinski definition) is 2. The summed E-state index contributed by atoms with van der Waals surface area (Å²) >= 11 is 0. The van der Waals surface area contributed by atoms with Crippen LogP contribution in [0.5, 0.6) is 0 Å². The fraction of sp³-hybridized carbons (Fsp3) is 0.316. The molecule has 5 nitrogen and oxygen atoms in total. The van der Waals surface area contributed by atoms with E-state index in [1.807, 2.05) is 39.8 Å². The minimum Gasteiger partial charge on any atom is -0.347 e. The number of hydrogen-bond acceptors (Lipinski definition) is 3. The summed E-state index contributed by atoms with van der Waals surface area (Å²) in [6, 6.07) is 13.0. The first-order chi connectivity index (χ1) is 11.6. The van der Waals surface area contributed by atoms with Gasteiger partial charge in [0.05, 0.1) is 4.90 Å². The van der Waals surface area contributed by atoms with Gasteiger partial charge < -0.3 is 5.32 Å². The van der Waals surface area contributed by atoms with Gasteiger partial charge in [0.1, 0.15) is 0 Å². The van der Waals surface area contributed by atoms with Crippen molar-refractivity contribution < 1.29 is 13.2 Å². The maximum absolute atomic E-state index is 12.4. The summed E-state index contributed by atoms with van der Waals surface area (Å²) in [5.74, 6) is -0.220. The zero-order valence-electron chi connectivity index (χ0n) is 15.0. The Morgan fingerprint density at radius 2 is 1.56 bits per heavy atom. The van der Waals surface area contributed by atoms with E-state index < -0.39 is 10.0 Å². The zero-order valence-corrected chi connectivity index (χ0v) is 15.8. The van der Waals surface area contributed by atoms with E-state index in [-0.39, 0.29) is 16.3 Å². The van der Waals surface area contributed by atoms with Gasteiger partial charge in [-0.2, -0.15) is 0 Å². The van der Waals surface area contributed by atoms with Crippen LogP contribution in [0.1, 0.15) is 43.1 Å². The molecule has 25 heavy (non-hydrogen) atoms. The number of aryl methyl sites for hydroxylation is 1. The highest BCUT2D eigenvalue weighted by molar-refractivity contribution is 7.92. The van der Waals surface area contributed by atoms with Gasteiger partial charge in [0, 0.05) is 16.8 Å². The van der Waals surface area contributed by atoms with Crippen LogP contribution in [0.2, 0.25) is 0 Å². The van der Waals surface area contributed by atoms with E-state index in [9.17, 15) is 13.2 Å². The quantitative estimate of drug-likeness (QED) is 0.824. The summed E-state index contributed by atoms with van der Waals surface area (Å²) in [6.45, 7) is 7.80. The molecular weight excluding hydrogens is 336 g/mol. The number of nitrogens with one attached hydrogen (secondary N) is 2. The largest absolute Gasteiger partial charge is 0.347 e. The summed E-state index contributed by atoms with van der Waals surface area (Å²) in [7, 11) is -3.69. The van der Waals surface area contributed by atoms with Crippen molar-refractivity contribution in [3.05, 3.63) is 59.7 Å². The van der Waals surface area contributed by atoms with Crippen LogP contribution in [0.25, 0.3) is 0 Å². The van der Waals surface area contributed by atoms with Gasteiger partial charge in [-0.15, -0.1) is 0 Å². The van der Waals surface area contributed by atoms with Gasteiger partial charge in [0.15, 0.2) is 0 Å². The van der Waals surface area contributed by atoms with Crippen LogP contribution in [0.15, 0.2) is 53.4 Å². The first kappa shape index (κ1) is 19.0. The summed E-state index contributed by atoms with van der Waals surface area (Å²) in [5, 5.41) is 2.92. The molecule has 0 atom stereocenters. The third-order valence-corrected chi connectivity index (χ3v) is 5.46. The number of carbonyl (C=O) groups excluding carboxylic acids is 1. The molecule has 2 N–H and O–H groups in total. The summed E-state index contributed by atoms with van der Waals surface area (Å²) in [5.41, 5.74) is 1.66. The van der Waals surface area contributed by atoms with E-state index in [1.165, 1.54) is 24.3 Å². The van der Waals surface area contributed by atoms with Crippen molar-refractivity contribution in [3.63, 3.8) is 0 Å². The van der Waals surface area contributed by atoms with Crippen LogP contribution in [-0.4, -0.2) is 19.9 Å². The van der Waals surface area contributed by atoms with E-state index in [0.29, 0.717) is 11.3 Å². The molecule has 0 aliphatic heterocycles. The van der Waals surface area contributed by atoms with Gasteiger partial charge in [-0.05, 0) is 63.6 Å². The van der Waals surface area contributed by atoms with E-state index in [1.54, 1.807) is 12.1 Å². The molecule has 134 valence electrons. The van der Waals surface area contributed by atoms with Crippen LogP contribution >= 0.6 is 0 Å². The lowest BCUT2D eigenvalue weighted by Gasteiger charge is -2.24. The Kier molecular flexibility index (Phi) is 5.52. The third-order valence-electron chi connectivity index (χ3n) is 4.07. The summed E-state index contributed by atoms with van der Waals surface area (Å²) in [6.07, 6.45) is 0.797. The van der Waals surface area contributed by atoms with Crippen LogP contribution < -0.4 is 10.0 Å². The molecule has 6 heteroatoms. The summed E-state index contributed by atoms with van der Waals surface area (Å²) in [4.78, 5) is 12.3. The van der Waals surface area contributed by atoms with E-state index >= 15 is 0 Å². The molecule has 0 fully saturated rings. The lowest BCUT2D eigenvalue weighted by molar-refractivity contribution is 0.0911. The Bertz CT molecular complexity index is 839. The molecule has 2 aromatic carbocycles. The standard InChI is InChI=1S/C19H24N2O3S/c1-5-19(3,4)20-18(22)15-8-12-17(13-9-15)25(23,24)21-16-10-6-14(2)7-11-16/h6-13,21H,5H2,1-4H3,(H,20,22). The predicted octanol–water partition coefficient (Wildman–Crippen LogP) is 3.71. The van der Waals surface area contributed by atoms with E-state index in [2.05, 4.69) is 10.0 Å². The molecule has 0 saturated carbocycles. The molecule has 2 aromatic rings. The Balaban J connectivity index is 2.15. The highest BCUT2D eigenvalue weighted by Gasteiger charge is 2.20. The Hall–Kier alpha value is -2.34. The van der Waals surface area contributed by atoms with Crippen molar-refractivity contribution in [3.8, 4) is 0 Å². The number of sulfonamides is 1. The maximum Gasteiger partial charge on any atom is 0.261 e. The van der Waals surface area contributed by atoms with Crippen LogP contribution in [-0.2, 0) is 10.0 Å². The highest BCUT2D eigenvalue weighted by Crippen LogP contribution is 2.18. The average molecular weight is 360 g/mol. The van der Waals surface area contributed by atoms with E-state index in [4.69, 9.17) is 0 Å². The average Bonchev–Trinajstić information content (AvgIpc) is 2.56. The number of anilines is 1. The molecule has 0 bridgehead atoms. The molecule has 0 aliphatic carbocycles. The highest BCUT2D eigenvalue weighted by atomic mass is 32.2. The molecule has 0 saturated heterocycles. The SMILES string of the molecule is CCC(C)(C)NC(=O)c1ccc(S(=O)(=O)Nc2ccc(C)cc2)cc1. The molecular formula is C19H24N2O3S. The van der Waals surface area contributed by atoms with Crippen molar-refractivity contribution in [2.24, 2.45) is 0 Å². The number of rotatable bonds is 6. The van der Waals surface area contributed by atoms with E-state index in [0.717, 1.165) is 12.0 Å².